The van der Waals surface area contributed by atoms with Gasteiger partial charge in [-0.1, -0.05) is 41.9 Å². The normalized spacial score (nSPS) is 15.1. The predicted molar refractivity (Wildman–Crippen MR) is 99.6 cm³/mol. The van der Waals surface area contributed by atoms with E-state index >= 15 is 0 Å². The zero-order valence-corrected chi connectivity index (χ0v) is 15.2. The Kier molecular flexibility index (Phi) is 7.06. The van der Waals surface area contributed by atoms with Crippen molar-refractivity contribution in [2.45, 2.75) is 0 Å². The summed E-state index contributed by atoms with van der Waals surface area (Å²) in [7, 11) is 1.66. The fraction of sp³-hybridized carbons (Fsp3) is 0.176. The molecule has 0 saturated heterocycles. The van der Waals surface area contributed by atoms with E-state index in [1.165, 1.54) is 5.06 Å². The van der Waals surface area contributed by atoms with Gasteiger partial charge in [0.05, 0.1) is 16.4 Å². The summed E-state index contributed by atoms with van der Waals surface area (Å²) in [5, 5.41) is 14.0. The van der Waals surface area contributed by atoms with E-state index in [1.807, 2.05) is 42.5 Å². The minimum Gasteiger partial charge on any atom is -0.288 e. The summed E-state index contributed by atoms with van der Waals surface area (Å²) >= 11 is 15.6. The third-order valence-electron chi connectivity index (χ3n) is 3.32. The van der Waals surface area contributed by atoms with Crippen molar-refractivity contribution in [2.75, 3.05) is 18.9 Å². The maximum Gasteiger partial charge on any atom is 0.145 e. The lowest BCUT2D eigenvalue weighted by molar-refractivity contribution is -0.0119. The van der Waals surface area contributed by atoms with Crippen LogP contribution in [0.25, 0.3) is 5.70 Å². The first-order valence-corrected chi connectivity index (χ1v) is 8.53. The van der Waals surface area contributed by atoms with Crippen molar-refractivity contribution in [3.63, 3.8) is 0 Å². The molecule has 0 fully saturated rings. The van der Waals surface area contributed by atoms with Gasteiger partial charge >= 0.3 is 0 Å². The number of aliphatic imine (C=N–C) groups is 1. The molecule has 0 radical (unpaired) electrons. The highest BCUT2D eigenvalue weighted by Gasteiger charge is 2.17. The Balaban J connectivity index is 0.000000647. The molecule has 0 aliphatic carbocycles. The van der Waals surface area contributed by atoms with Crippen LogP contribution in [0.1, 0.15) is 5.56 Å². The van der Waals surface area contributed by atoms with Gasteiger partial charge in [-0.25, -0.2) is 10.1 Å². The first-order chi connectivity index (χ1) is 11.6. The number of halogens is 3. The van der Waals surface area contributed by atoms with E-state index in [4.69, 9.17) is 34.8 Å². The molecule has 126 valence electrons. The molecule has 1 aliphatic heterocycles. The van der Waals surface area contributed by atoms with Crippen LogP contribution < -0.4 is 10.6 Å². The SMILES string of the molecule is CN=C1CN(O)C(c2ccccc2)=c2cc(Cl)ccc2=N1.ClCCl. The van der Waals surface area contributed by atoms with Crippen molar-refractivity contribution < 1.29 is 5.21 Å². The number of hydrogen-bond donors (Lipinski definition) is 1. The van der Waals surface area contributed by atoms with Gasteiger partial charge in [0.25, 0.3) is 0 Å². The first kappa shape index (κ1) is 18.7. The number of benzene rings is 2. The lowest BCUT2D eigenvalue weighted by Gasteiger charge is -2.19. The molecule has 0 bridgehead atoms. The van der Waals surface area contributed by atoms with Gasteiger partial charge in [-0.15, -0.1) is 23.2 Å². The Morgan fingerprint density at radius 3 is 2.46 bits per heavy atom. The van der Waals surface area contributed by atoms with Gasteiger partial charge in [0.2, 0.25) is 0 Å². The van der Waals surface area contributed by atoms with E-state index in [1.54, 1.807) is 13.1 Å². The van der Waals surface area contributed by atoms with Crippen LogP contribution in [0.4, 0.5) is 0 Å². The largest absolute Gasteiger partial charge is 0.288 e. The molecule has 0 aromatic heterocycles. The topological polar surface area (TPSA) is 48.2 Å². The molecule has 2 aromatic rings. The number of alkyl halides is 2. The molecule has 4 nitrogen and oxygen atoms in total. The van der Waals surface area contributed by atoms with Crippen molar-refractivity contribution in [3.8, 4) is 0 Å². The van der Waals surface area contributed by atoms with Crippen LogP contribution in [0.15, 0.2) is 58.5 Å². The van der Waals surface area contributed by atoms with Gasteiger partial charge in [-0.05, 0) is 18.2 Å². The number of nitrogens with zero attached hydrogens (tertiary/aromatic N) is 3. The molecule has 1 aliphatic rings. The Labute approximate surface area is 155 Å². The summed E-state index contributed by atoms with van der Waals surface area (Å²) in [6, 6.07) is 15.1. The zero-order valence-electron chi connectivity index (χ0n) is 13.0. The van der Waals surface area contributed by atoms with Gasteiger partial charge in [0, 0.05) is 22.9 Å². The third-order valence-corrected chi connectivity index (χ3v) is 3.55. The summed E-state index contributed by atoms with van der Waals surface area (Å²) in [6.45, 7) is 0.229. The quantitative estimate of drug-likeness (QED) is 0.767. The molecule has 2 aromatic carbocycles. The molecule has 0 amide bonds. The number of rotatable bonds is 1. The smallest absolute Gasteiger partial charge is 0.145 e. The van der Waals surface area contributed by atoms with Gasteiger partial charge < -0.3 is 0 Å². The van der Waals surface area contributed by atoms with E-state index in [0.29, 0.717) is 16.6 Å². The van der Waals surface area contributed by atoms with E-state index in [0.717, 1.165) is 16.1 Å². The van der Waals surface area contributed by atoms with E-state index < -0.39 is 0 Å². The van der Waals surface area contributed by atoms with Crippen LogP contribution in [-0.4, -0.2) is 35.0 Å². The fourth-order valence-corrected chi connectivity index (χ4v) is 2.52. The highest BCUT2D eigenvalue weighted by atomic mass is 35.5. The molecular weight excluding hydrogens is 369 g/mol. The number of fused-ring (bicyclic) bond motifs is 1. The van der Waals surface area contributed by atoms with Gasteiger partial charge in [-0.3, -0.25) is 10.2 Å². The van der Waals surface area contributed by atoms with Gasteiger partial charge in [0.15, 0.2) is 0 Å². The summed E-state index contributed by atoms with van der Waals surface area (Å²) < 4.78 is 0. The summed E-state index contributed by atoms with van der Waals surface area (Å²) in [5.74, 6) is 0.562. The minimum absolute atomic E-state index is 0.194. The highest BCUT2D eigenvalue weighted by molar-refractivity contribution is 6.40. The van der Waals surface area contributed by atoms with Crippen molar-refractivity contribution in [1.29, 1.82) is 0 Å². The lowest BCUT2D eigenvalue weighted by Crippen LogP contribution is -2.31. The fourth-order valence-electron chi connectivity index (χ4n) is 2.34. The van der Waals surface area contributed by atoms with Crippen LogP contribution in [-0.2, 0) is 0 Å². The molecule has 1 heterocycles. The number of amidine groups is 1. The Morgan fingerprint density at radius 2 is 1.83 bits per heavy atom. The van der Waals surface area contributed by atoms with Crippen LogP contribution in [0.2, 0.25) is 5.02 Å². The second-order valence-corrected chi connectivity index (χ2v) is 6.03. The third kappa shape index (κ3) is 4.48. The highest BCUT2D eigenvalue weighted by Crippen LogP contribution is 2.15. The molecule has 0 spiro atoms. The molecule has 7 heteroatoms. The molecule has 0 saturated carbocycles. The van der Waals surface area contributed by atoms with Crippen LogP contribution in [0.5, 0.6) is 0 Å². The Bertz CT molecular complexity index is 838. The maximum absolute atomic E-state index is 10.5. The van der Waals surface area contributed by atoms with Crippen LogP contribution >= 0.6 is 34.8 Å². The molecule has 3 rings (SSSR count). The Hall–Kier alpha value is -1.59. The van der Waals surface area contributed by atoms with Crippen LogP contribution in [0.3, 0.4) is 0 Å². The standard InChI is InChI=1S/C16H14ClN3O.CH2Cl2/c1-18-15-10-20(21)16(11-5-3-2-4-6-11)13-9-12(17)7-8-14(13)19-15;2-1-3/h2-9,21H,10H2,1H3;1H2. The maximum atomic E-state index is 10.5. The van der Waals surface area contributed by atoms with Crippen LogP contribution in [0, 0.1) is 0 Å². The average Bonchev–Trinajstić information content (AvgIpc) is 2.71. The van der Waals surface area contributed by atoms with Gasteiger partial charge in [0.1, 0.15) is 12.4 Å². The van der Waals surface area contributed by atoms with Crippen molar-refractivity contribution >= 4 is 46.3 Å². The van der Waals surface area contributed by atoms with Crippen molar-refractivity contribution in [1.82, 2.24) is 5.06 Å². The zero-order chi connectivity index (χ0) is 17.5. The molecular formula is C17H16Cl3N3O. The second-order valence-electron chi connectivity index (χ2n) is 4.79. The van der Waals surface area contributed by atoms with Crippen molar-refractivity contribution in [2.24, 2.45) is 9.98 Å². The number of hydroxylamine groups is 2. The van der Waals surface area contributed by atoms with Crippen molar-refractivity contribution in [3.05, 3.63) is 69.7 Å². The van der Waals surface area contributed by atoms with E-state index in [-0.39, 0.29) is 11.9 Å². The minimum atomic E-state index is 0.194. The molecule has 0 atom stereocenters. The second kappa shape index (κ2) is 9.04. The predicted octanol–water partition coefficient (Wildman–Crippen LogP) is 3.27. The van der Waals surface area contributed by atoms with E-state index in [9.17, 15) is 5.21 Å². The lowest BCUT2D eigenvalue weighted by atomic mass is 10.1. The monoisotopic (exact) mass is 383 g/mol. The molecule has 0 unspecified atom stereocenters. The first-order valence-electron chi connectivity index (χ1n) is 7.08. The van der Waals surface area contributed by atoms with E-state index in [2.05, 4.69) is 9.98 Å². The molecule has 24 heavy (non-hydrogen) atoms. The summed E-state index contributed by atoms with van der Waals surface area (Å²) in [5.41, 5.74) is 1.58. The molecule has 1 N–H and O–H groups in total. The average molecular weight is 385 g/mol. The number of hydrogen-bond acceptors (Lipinski definition) is 3. The van der Waals surface area contributed by atoms with Gasteiger partial charge in [-0.2, -0.15) is 0 Å². The Morgan fingerprint density at radius 1 is 1.17 bits per heavy atom. The summed E-state index contributed by atoms with van der Waals surface area (Å²) in [6.07, 6.45) is 0. The summed E-state index contributed by atoms with van der Waals surface area (Å²) in [4.78, 5) is 8.60.